The minimum absolute atomic E-state index is 1.10. The summed E-state index contributed by atoms with van der Waals surface area (Å²) in [4.78, 5) is 0. The van der Waals surface area contributed by atoms with Crippen molar-refractivity contribution in [1.29, 1.82) is 0 Å². The monoisotopic (exact) mass is 322 g/mol. The molecular formula is C19H15Br. The molecule has 98 valence electrons. The molecule has 0 nitrogen and oxygen atoms in total. The summed E-state index contributed by atoms with van der Waals surface area (Å²) in [6.45, 7) is 0. The summed E-state index contributed by atoms with van der Waals surface area (Å²) in [5.74, 6) is 0. The van der Waals surface area contributed by atoms with Crippen molar-refractivity contribution in [3.05, 3.63) is 94.5 Å². The fourth-order valence-corrected chi connectivity index (χ4v) is 2.80. The first kappa shape index (κ1) is 13.1. The van der Waals surface area contributed by atoms with Crippen LogP contribution >= 0.6 is 15.9 Å². The third-order valence-corrected chi connectivity index (χ3v) is 3.97. The molecule has 1 aliphatic rings. The van der Waals surface area contributed by atoms with Gasteiger partial charge in [-0.05, 0) is 40.8 Å². The van der Waals surface area contributed by atoms with E-state index in [0.29, 0.717) is 0 Å². The average molecular weight is 323 g/mol. The lowest BCUT2D eigenvalue weighted by Gasteiger charge is -1.98. The largest absolute Gasteiger partial charge is 0.0622 e. The highest BCUT2D eigenvalue weighted by Crippen LogP contribution is 2.35. The molecule has 0 fully saturated rings. The van der Waals surface area contributed by atoms with Crippen LogP contribution in [0.15, 0.2) is 83.3 Å². The summed E-state index contributed by atoms with van der Waals surface area (Å²) >= 11 is 3.31. The highest BCUT2D eigenvalue weighted by atomic mass is 79.9. The Bertz CT molecular complexity index is 658. The number of hydrogen-bond acceptors (Lipinski definition) is 0. The van der Waals surface area contributed by atoms with E-state index in [2.05, 4.69) is 64.5 Å². The Kier molecular flexibility index (Phi) is 3.98. The average Bonchev–Trinajstić information content (AvgIpc) is 2.87. The predicted molar refractivity (Wildman–Crippen MR) is 88.8 cm³/mol. The Morgan fingerprint density at radius 3 is 1.45 bits per heavy atom. The van der Waals surface area contributed by atoms with Gasteiger partial charge in [0.05, 0.1) is 0 Å². The van der Waals surface area contributed by atoms with Crippen LogP contribution in [0, 0.1) is 0 Å². The van der Waals surface area contributed by atoms with Crippen molar-refractivity contribution in [2.45, 2.75) is 6.42 Å². The second-order valence-corrected chi connectivity index (χ2v) is 5.70. The summed E-state index contributed by atoms with van der Waals surface area (Å²) in [6, 6.07) is 27.3. The summed E-state index contributed by atoms with van der Waals surface area (Å²) in [5, 5.41) is 0. The zero-order valence-electron chi connectivity index (χ0n) is 11.1. The van der Waals surface area contributed by atoms with E-state index in [4.69, 9.17) is 0 Å². The van der Waals surface area contributed by atoms with E-state index in [0.717, 1.165) is 10.9 Å². The molecule has 0 amide bonds. The molecular weight excluding hydrogens is 308 g/mol. The van der Waals surface area contributed by atoms with Gasteiger partial charge in [0.25, 0.3) is 0 Å². The fourth-order valence-electron chi connectivity index (χ4n) is 2.49. The van der Waals surface area contributed by atoms with Crippen molar-refractivity contribution >= 4 is 15.9 Å². The molecule has 0 unspecified atom stereocenters. The Balaban J connectivity index is 0.000000147. The van der Waals surface area contributed by atoms with Crippen LogP contribution in [0.2, 0.25) is 0 Å². The molecule has 0 heterocycles. The molecule has 1 aliphatic carbocycles. The van der Waals surface area contributed by atoms with Gasteiger partial charge in [-0.25, -0.2) is 0 Å². The molecule has 0 aromatic heterocycles. The summed E-state index contributed by atoms with van der Waals surface area (Å²) in [6.07, 6.45) is 1.10. The summed E-state index contributed by atoms with van der Waals surface area (Å²) in [7, 11) is 0. The first-order valence-electron chi connectivity index (χ1n) is 6.71. The van der Waals surface area contributed by atoms with Crippen molar-refractivity contribution < 1.29 is 0 Å². The highest BCUT2D eigenvalue weighted by Gasteiger charge is 2.15. The normalized spacial score (nSPS) is 11.1. The zero-order chi connectivity index (χ0) is 13.8. The fraction of sp³-hybridized carbons (Fsp3) is 0.0526. The van der Waals surface area contributed by atoms with E-state index < -0.39 is 0 Å². The van der Waals surface area contributed by atoms with Crippen LogP contribution in [-0.2, 0) is 6.42 Å². The Morgan fingerprint density at radius 2 is 1.00 bits per heavy atom. The van der Waals surface area contributed by atoms with Crippen LogP contribution in [0.4, 0.5) is 0 Å². The first-order chi connectivity index (χ1) is 9.84. The number of rotatable bonds is 0. The van der Waals surface area contributed by atoms with Gasteiger partial charge in [0.2, 0.25) is 0 Å². The molecule has 0 spiro atoms. The van der Waals surface area contributed by atoms with Gasteiger partial charge in [0.1, 0.15) is 0 Å². The minimum Gasteiger partial charge on any atom is -0.0622 e. The van der Waals surface area contributed by atoms with Gasteiger partial charge in [-0.1, -0.05) is 82.7 Å². The molecule has 0 aliphatic heterocycles. The quantitative estimate of drug-likeness (QED) is 0.389. The van der Waals surface area contributed by atoms with Gasteiger partial charge in [-0.15, -0.1) is 0 Å². The lowest BCUT2D eigenvalue weighted by atomic mass is 10.1. The SMILES string of the molecule is Brc1ccccc1.c1ccc2c(c1)Cc1ccccc1-2. The lowest BCUT2D eigenvalue weighted by Crippen LogP contribution is -1.77. The maximum absolute atomic E-state index is 3.31. The molecule has 0 N–H and O–H groups in total. The highest BCUT2D eigenvalue weighted by molar-refractivity contribution is 9.10. The van der Waals surface area contributed by atoms with Gasteiger partial charge in [-0.3, -0.25) is 0 Å². The molecule has 0 radical (unpaired) electrons. The molecule has 0 saturated heterocycles. The van der Waals surface area contributed by atoms with Crippen LogP contribution in [0.5, 0.6) is 0 Å². The third-order valence-electron chi connectivity index (χ3n) is 3.44. The van der Waals surface area contributed by atoms with E-state index in [9.17, 15) is 0 Å². The van der Waals surface area contributed by atoms with E-state index in [-0.39, 0.29) is 0 Å². The molecule has 1 heteroatoms. The topological polar surface area (TPSA) is 0 Å². The van der Waals surface area contributed by atoms with Crippen LogP contribution in [0.25, 0.3) is 11.1 Å². The molecule has 20 heavy (non-hydrogen) atoms. The van der Waals surface area contributed by atoms with E-state index in [1.165, 1.54) is 22.3 Å². The standard InChI is InChI=1S/C13H10.C6H5Br/c1-3-7-12-10(5-1)9-11-6-2-4-8-13(11)12;7-6-4-2-1-3-5-6/h1-8H,9H2;1-5H. The number of halogens is 1. The van der Waals surface area contributed by atoms with Gasteiger partial charge < -0.3 is 0 Å². The van der Waals surface area contributed by atoms with Crippen LogP contribution in [0.1, 0.15) is 11.1 Å². The van der Waals surface area contributed by atoms with E-state index in [1.807, 2.05) is 30.3 Å². The summed E-state index contributed by atoms with van der Waals surface area (Å²) in [5.41, 5.74) is 5.75. The maximum Gasteiger partial charge on any atom is 0.0175 e. The van der Waals surface area contributed by atoms with Crippen molar-refractivity contribution in [1.82, 2.24) is 0 Å². The van der Waals surface area contributed by atoms with Gasteiger partial charge in [0.15, 0.2) is 0 Å². The maximum atomic E-state index is 3.31. The van der Waals surface area contributed by atoms with Crippen molar-refractivity contribution in [3.8, 4) is 11.1 Å². The molecule has 0 atom stereocenters. The first-order valence-corrected chi connectivity index (χ1v) is 7.50. The van der Waals surface area contributed by atoms with Crippen LogP contribution in [0.3, 0.4) is 0 Å². The summed E-state index contributed by atoms with van der Waals surface area (Å²) < 4.78 is 1.13. The Morgan fingerprint density at radius 1 is 0.550 bits per heavy atom. The minimum atomic E-state index is 1.10. The lowest BCUT2D eigenvalue weighted by molar-refractivity contribution is 1.26. The molecule has 3 aromatic rings. The molecule has 4 rings (SSSR count). The third kappa shape index (κ3) is 2.83. The zero-order valence-corrected chi connectivity index (χ0v) is 12.7. The van der Waals surface area contributed by atoms with Gasteiger partial charge in [-0.2, -0.15) is 0 Å². The van der Waals surface area contributed by atoms with Crippen molar-refractivity contribution in [3.63, 3.8) is 0 Å². The van der Waals surface area contributed by atoms with Gasteiger partial charge in [0, 0.05) is 4.47 Å². The van der Waals surface area contributed by atoms with Crippen LogP contribution < -0.4 is 0 Å². The smallest absolute Gasteiger partial charge is 0.0175 e. The molecule has 0 saturated carbocycles. The van der Waals surface area contributed by atoms with Crippen molar-refractivity contribution in [2.24, 2.45) is 0 Å². The molecule has 0 bridgehead atoms. The second kappa shape index (κ2) is 6.06. The predicted octanol–water partition coefficient (Wildman–Crippen LogP) is 5.71. The second-order valence-electron chi connectivity index (χ2n) is 4.79. The van der Waals surface area contributed by atoms with Crippen molar-refractivity contribution in [2.75, 3.05) is 0 Å². The Labute approximate surface area is 128 Å². The number of benzene rings is 3. The Hall–Kier alpha value is -1.86. The van der Waals surface area contributed by atoms with E-state index >= 15 is 0 Å². The number of hydrogen-bond donors (Lipinski definition) is 0. The van der Waals surface area contributed by atoms with Crippen LogP contribution in [-0.4, -0.2) is 0 Å². The molecule has 3 aromatic carbocycles. The van der Waals surface area contributed by atoms with E-state index in [1.54, 1.807) is 0 Å². The number of fused-ring (bicyclic) bond motifs is 3. The van der Waals surface area contributed by atoms with Gasteiger partial charge >= 0.3 is 0 Å².